The number of halogens is 1. The Kier molecular flexibility index (Phi) is 4.56. The normalized spacial score (nSPS) is 15.3. The van der Waals surface area contributed by atoms with Gasteiger partial charge in [0.15, 0.2) is 5.13 Å². The Balaban J connectivity index is 1.48. The van der Waals surface area contributed by atoms with E-state index in [2.05, 4.69) is 25.2 Å². The maximum absolute atomic E-state index is 13.3. The van der Waals surface area contributed by atoms with Crippen LogP contribution in [0.4, 0.5) is 21.0 Å². The highest BCUT2D eigenvalue weighted by Gasteiger charge is 2.19. The number of hydrogen-bond donors (Lipinski definition) is 1. The summed E-state index contributed by atoms with van der Waals surface area (Å²) in [5.74, 6) is 0.746. The fourth-order valence-electron chi connectivity index (χ4n) is 2.88. The molecule has 0 spiro atoms. The molecule has 5 nitrogen and oxygen atoms in total. The first-order valence-electron chi connectivity index (χ1n) is 8.26. The summed E-state index contributed by atoms with van der Waals surface area (Å²) in [6, 6.07) is 7.88. The van der Waals surface area contributed by atoms with Crippen molar-refractivity contribution in [2.24, 2.45) is 0 Å². The molecular weight excluding hydrogens is 337 g/mol. The topological polar surface area (TPSA) is 53.9 Å². The number of thiazole rings is 1. The standard InChI is InChI=1S/C18H18FN5S/c19-14-4-9-24(10-5-14)15-3-8-21-17(11-15)23-18-22-12-16(25-18)13-1-6-20-7-2-13/h1-3,6-8,11-12,14H,4-5,9-10H2,(H,21,22,23). The first kappa shape index (κ1) is 16.0. The molecule has 3 aromatic rings. The maximum Gasteiger partial charge on any atom is 0.188 e. The van der Waals surface area contributed by atoms with Crippen molar-refractivity contribution in [3.63, 3.8) is 0 Å². The van der Waals surface area contributed by atoms with Gasteiger partial charge in [-0.25, -0.2) is 14.4 Å². The summed E-state index contributed by atoms with van der Waals surface area (Å²) in [5.41, 5.74) is 2.16. The molecule has 0 atom stereocenters. The molecule has 0 bridgehead atoms. The van der Waals surface area contributed by atoms with Gasteiger partial charge in [-0.15, -0.1) is 0 Å². The van der Waals surface area contributed by atoms with Crippen LogP contribution in [0.3, 0.4) is 0 Å². The molecule has 25 heavy (non-hydrogen) atoms. The Morgan fingerprint density at radius 3 is 2.68 bits per heavy atom. The molecule has 0 amide bonds. The largest absolute Gasteiger partial charge is 0.371 e. The van der Waals surface area contributed by atoms with Crippen LogP contribution in [0.2, 0.25) is 0 Å². The molecule has 1 fully saturated rings. The van der Waals surface area contributed by atoms with Crippen LogP contribution in [0.1, 0.15) is 12.8 Å². The first-order valence-corrected chi connectivity index (χ1v) is 9.08. The van der Waals surface area contributed by atoms with E-state index in [9.17, 15) is 4.39 Å². The van der Waals surface area contributed by atoms with E-state index in [0.29, 0.717) is 12.8 Å². The molecule has 7 heteroatoms. The summed E-state index contributed by atoms with van der Waals surface area (Å²) in [6.07, 6.45) is 7.67. The van der Waals surface area contributed by atoms with Crippen molar-refractivity contribution in [2.45, 2.75) is 19.0 Å². The summed E-state index contributed by atoms with van der Waals surface area (Å²) >= 11 is 1.57. The van der Waals surface area contributed by atoms with Crippen molar-refractivity contribution in [3.8, 4) is 10.4 Å². The zero-order valence-electron chi connectivity index (χ0n) is 13.6. The third-order valence-corrected chi connectivity index (χ3v) is 5.20. The number of pyridine rings is 2. The van der Waals surface area contributed by atoms with Gasteiger partial charge in [0.25, 0.3) is 0 Å². The number of piperidine rings is 1. The summed E-state index contributed by atoms with van der Waals surface area (Å²) < 4.78 is 13.3. The number of hydrogen-bond acceptors (Lipinski definition) is 6. The average molecular weight is 355 g/mol. The Labute approximate surface area is 149 Å². The molecule has 0 saturated carbocycles. The molecule has 1 aliphatic heterocycles. The Morgan fingerprint density at radius 2 is 1.88 bits per heavy atom. The summed E-state index contributed by atoms with van der Waals surface area (Å²) in [6.45, 7) is 1.49. The Hall–Kier alpha value is -2.54. The van der Waals surface area contributed by atoms with Crippen molar-refractivity contribution in [1.82, 2.24) is 15.0 Å². The van der Waals surface area contributed by atoms with Crippen LogP contribution in [0.25, 0.3) is 10.4 Å². The van der Waals surface area contributed by atoms with Gasteiger partial charge in [0.2, 0.25) is 0 Å². The zero-order chi connectivity index (χ0) is 17.1. The monoisotopic (exact) mass is 355 g/mol. The quantitative estimate of drug-likeness (QED) is 0.757. The van der Waals surface area contributed by atoms with E-state index in [4.69, 9.17) is 0 Å². The number of alkyl halides is 1. The van der Waals surface area contributed by atoms with E-state index < -0.39 is 6.17 Å². The lowest BCUT2D eigenvalue weighted by Gasteiger charge is -2.30. The van der Waals surface area contributed by atoms with Crippen LogP contribution in [0.5, 0.6) is 0 Å². The van der Waals surface area contributed by atoms with Crippen LogP contribution in [-0.4, -0.2) is 34.2 Å². The molecule has 0 aromatic carbocycles. The van der Waals surface area contributed by atoms with Gasteiger partial charge >= 0.3 is 0 Å². The van der Waals surface area contributed by atoms with E-state index in [-0.39, 0.29) is 0 Å². The van der Waals surface area contributed by atoms with E-state index in [1.165, 1.54) is 0 Å². The fourth-order valence-corrected chi connectivity index (χ4v) is 3.71. The van der Waals surface area contributed by atoms with Crippen LogP contribution >= 0.6 is 11.3 Å². The van der Waals surface area contributed by atoms with Crippen LogP contribution < -0.4 is 10.2 Å². The predicted octanol–water partition coefficient (Wildman–Crippen LogP) is 4.28. The molecule has 1 N–H and O–H groups in total. The lowest BCUT2D eigenvalue weighted by Crippen LogP contribution is -2.34. The van der Waals surface area contributed by atoms with Crippen molar-refractivity contribution < 1.29 is 4.39 Å². The third kappa shape index (κ3) is 3.76. The SMILES string of the molecule is FC1CCN(c2ccnc(Nc3ncc(-c4ccncc4)s3)c2)CC1. The highest BCUT2D eigenvalue weighted by Crippen LogP contribution is 2.30. The van der Waals surface area contributed by atoms with Gasteiger partial charge in [-0.1, -0.05) is 11.3 Å². The Bertz CT molecular complexity index is 830. The van der Waals surface area contributed by atoms with E-state index in [0.717, 1.165) is 40.2 Å². The number of nitrogens with zero attached hydrogens (tertiary/aromatic N) is 4. The molecule has 4 rings (SSSR count). The molecule has 128 valence electrons. The minimum Gasteiger partial charge on any atom is -0.371 e. The molecule has 1 saturated heterocycles. The zero-order valence-corrected chi connectivity index (χ0v) is 14.4. The number of rotatable bonds is 4. The molecule has 0 radical (unpaired) electrons. The minimum atomic E-state index is -0.669. The second kappa shape index (κ2) is 7.14. The van der Waals surface area contributed by atoms with E-state index in [1.807, 2.05) is 30.5 Å². The number of anilines is 3. The third-order valence-electron chi connectivity index (χ3n) is 4.24. The van der Waals surface area contributed by atoms with Crippen molar-refractivity contribution in [2.75, 3.05) is 23.3 Å². The van der Waals surface area contributed by atoms with Crippen LogP contribution in [-0.2, 0) is 0 Å². The lowest BCUT2D eigenvalue weighted by atomic mass is 10.1. The first-order chi connectivity index (χ1) is 12.3. The number of aromatic nitrogens is 3. The van der Waals surface area contributed by atoms with Gasteiger partial charge < -0.3 is 10.2 Å². The molecule has 1 aliphatic rings. The summed E-state index contributed by atoms with van der Waals surface area (Å²) in [7, 11) is 0. The smallest absolute Gasteiger partial charge is 0.188 e. The molecular formula is C18H18FN5S. The molecule has 4 heterocycles. The molecule has 3 aromatic heterocycles. The molecule has 0 aliphatic carbocycles. The van der Waals surface area contributed by atoms with Crippen molar-refractivity contribution in [3.05, 3.63) is 49.1 Å². The second-order valence-electron chi connectivity index (χ2n) is 5.95. The number of nitrogens with one attached hydrogen (secondary N) is 1. The van der Waals surface area contributed by atoms with E-state index >= 15 is 0 Å². The van der Waals surface area contributed by atoms with Gasteiger partial charge in [0.1, 0.15) is 12.0 Å². The predicted molar refractivity (Wildman–Crippen MR) is 99.2 cm³/mol. The van der Waals surface area contributed by atoms with Gasteiger partial charge in [0.05, 0.1) is 4.88 Å². The van der Waals surface area contributed by atoms with E-state index in [1.54, 1.807) is 29.9 Å². The van der Waals surface area contributed by atoms with Crippen molar-refractivity contribution in [1.29, 1.82) is 0 Å². The highest BCUT2D eigenvalue weighted by molar-refractivity contribution is 7.18. The molecule has 0 unspecified atom stereocenters. The summed E-state index contributed by atoms with van der Waals surface area (Å²) in [4.78, 5) is 16.1. The van der Waals surface area contributed by atoms with Gasteiger partial charge in [0, 0.05) is 49.6 Å². The maximum atomic E-state index is 13.3. The van der Waals surface area contributed by atoms with Crippen molar-refractivity contribution >= 4 is 28.0 Å². The lowest BCUT2D eigenvalue weighted by molar-refractivity contribution is 0.277. The van der Waals surface area contributed by atoms with Gasteiger partial charge in [-0.3, -0.25) is 4.98 Å². The van der Waals surface area contributed by atoms with Gasteiger partial charge in [-0.2, -0.15) is 0 Å². The highest BCUT2D eigenvalue weighted by atomic mass is 32.1. The second-order valence-corrected chi connectivity index (χ2v) is 6.98. The fraction of sp³-hybridized carbons (Fsp3) is 0.278. The van der Waals surface area contributed by atoms with Crippen LogP contribution in [0, 0.1) is 0 Å². The average Bonchev–Trinajstić information content (AvgIpc) is 3.12. The summed E-state index contributed by atoms with van der Waals surface area (Å²) in [5, 5.41) is 4.05. The minimum absolute atomic E-state index is 0.590. The Morgan fingerprint density at radius 1 is 1.08 bits per heavy atom. The van der Waals surface area contributed by atoms with Gasteiger partial charge in [-0.05, 0) is 36.6 Å². The van der Waals surface area contributed by atoms with Crippen LogP contribution in [0.15, 0.2) is 49.1 Å².